The molecule has 1 aliphatic carbocycles. The quantitative estimate of drug-likeness (QED) is 0.451. The van der Waals surface area contributed by atoms with Gasteiger partial charge in [-0.05, 0) is 54.7 Å². The van der Waals surface area contributed by atoms with Crippen LogP contribution in [0.5, 0.6) is 0 Å². The Labute approximate surface area is 210 Å². The number of rotatable bonds is 6. The van der Waals surface area contributed by atoms with E-state index in [1.165, 1.54) is 22.5 Å². The number of carbonyl (C=O) groups excluding carboxylic acids is 2. The van der Waals surface area contributed by atoms with E-state index in [-0.39, 0.29) is 27.4 Å². The molecule has 1 heterocycles. The van der Waals surface area contributed by atoms with E-state index in [9.17, 15) is 18.0 Å². The second-order valence-corrected chi connectivity index (χ2v) is 11.9. The van der Waals surface area contributed by atoms with Crippen molar-refractivity contribution in [3.8, 4) is 0 Å². The molecule has 1 saturated heterocycles. The Morgan fingerprint density at radius 1 is 0.971 bits per heavy atom. The molecule has 2 amide bonds. The van der Waals surface area contributed by atoms with Gasteiger partial charge in [-0.3, -0.25) is 9.59 Å². The Kier molecular flexibility index (Phi) is 7.38. The highest BCUT2D eigenvalue weighted by Crippen LogP contribution is 2.37. The lowest BCUT2D eigenvalue weighted by Crippen LogP contribution is -2.51. The van der Waals surface area contributed by atoms with Gasteiger partial charge in [0.05, 0.1) is 17.1 Å². The second-order valence-electron chi connectivity index (χ2n) is 9.24. The Bertz CT molecular complexity index is 1190. The minimum absolute atomic E-state index is 0.0307. The van der Waals surface area contributed by atoms with Crippen molar-refractivity contribution in [2.75, 3.05) is 4.90 Å². The van der Waals surface area contributed by atoms with Crippen molar-refractivity contribution in [2.45, 2.75) is 75.3 Å². The van der Waals surface area contributed by atoms with Crippen molar-refractivity contribution in [3.63, 3.8) is 0 Å². The van der Waals surface area contributed by atoms with E-state index < -0.39 is 27.9 Å². The van der Waals surface area contributed by atoms with Crippen LogP contribution in [0, 0.1) is 0 Å². The van der Waals surface area contributed by atoms with E-state index in [4.69, 9.17) is 23.2 Å². The number of anilines is 1. The van der Waals surface area contributed by atoms with Crippen molar-refractivity contribution in [1.29, 1.82) is 0 Å². The predicted octanol–water partition coefficient (Wildman–Crippen LogP) is 5.77. The first-order valence-corrected chi connectivity index (χ1v) is 13.8. The summed E-state index contributed by atoms with van der Waals surface area (Å²) in [5, 5.41) is 0.260. The summed E-state index contributed by atoms with van der Waals surface area (Å²) < 4.78 is 29.1. The fourth-order valence-corrected chi connectivity index (χ4v) is 7.40. The van der Waals surface area contributed by atoms with Gasteiger partial charge in [-0.25, -0.2) is 13.3 Å². The average Bonchev–Trinajstić information content (AvgIpc) is 3.09. The lowest BCUT2D eigenvalue weighted by atomic mass is 9.94. The van der Waals surface area contributed by atoms with E-state index in [2.05, 4.69) is 13.8 Å². The van der Waals surface area contributed by atoms with E-state index in [0.717, 1.165) is 29.7 Å². The summed E-state index contributed by atoms with van der Waals surface area (Å²) in [6.07, 6.45) is 3.76. The first-order chi connectivity index (χ1) is 16.1. The summed E-state index contributed by atoms with van der Waals surface area (Å²) >= 11 is 12.4. The molecule has 2 aliphatic rings. The number of benzene rings is 2. The molecule has 2 aromatic carbocycles. The van der Waals surface area contributed by atoms with Crippen molar-refractivity contribution in [1.82, 2.24) is 4.31 Å². The van der Waals surface area contributed by atoms with Gasteiger partial charge in [0.25, 0.3) is 5.91 Å². The van der Waals surface area contributed by atoms with E-state index in [1.54, 1.807) is 12.1 Å². The first-order valence-electron chi connectivity index (χ1n) is 11.6. The fraction of sp³-hybridized carbons (Fsp3) is 0.440. The van der Waals surface area contributed by atoms with Crippen LogP contribution in [0.15, 0.2) is 47.4 Å². The topological polar surface area (TPSA) is 74.8 Å². The highest BCUT2D eigenvalue weighted by molar-refractivity contribution is 7.89. The van der Waals surface area contributed by atoms with E-state index >= 15 is 0 Å². The van der Waals surface area contributed by atoms with Gasteiger partial charge in [0, 0.05) is 11.1 Å². The first kappa shape index (κ1) is 25.2. The van der Waals surface area contributed by atoms with Crippen LogP contribution < -0.4 is 4.90 Å². The zero-order chi connectivity index (χ0) is 24.6. The van der Waals surface area contributed by atoms with E-state index in [1.807, 2.05) is 12.1 Å². The maximum Gasteiger partial charge on any atom is 0.252 e. The summed E-state index contributed by atoms with van der Waals surface area (Å²) in [6, 6.07) is 9.98. The molecule has 2 fully saturated rings. The number of halogens is 2. The molecule has 1 atom stereocenters. The molecular formula is C25H28Cl2N2O4S. The van der Waals surface area contributed by atoms with Crippen LogP contribution in [0.3, 0.4) is 0 Å². The minimum atomic E-state index is -4.20. The number of amides is 2. The Morgan fingerprint density at radius 2 is 1.62 bits per heavy atom. The molecule has 1 saturated carbocycles. The standard InChI is InChI=1S/C25H28Cl2N2O4S/c1-16(2)17-8-11-19(12-9-17)28-24(30)15-22(25(28)31)29(20-6-4-3-5-7-20)34(32,33)23-14-18(26)10-13-21(23)27/h8-14,16,20,22H,3-7,15H2,1-2H3. The van der Waals surface area contributed by atoms with Crippen molar-refractivity contribution in [3.05, 3.63) is 58.1 Å². The van der Waals surface area contributed by atoms with Gasteiger partial charge in [0.2, 0.25) is 15.9 Å². The van der Waals surface area contributed by atoms with Crippen molar-refractivity contribution in [2.24, 2.45) is 0 Å². The van der Waals surface area contributed by atoms with Gasteiger partial charge in [-0.2, -0.15) is 4.31 Å². The van der Waals surface area contributed by atoms with Gasteiger partial charge in [0.15, 0.2) is 0 Å². The van der Waals surface area contributed by atoms with Crippen LogP contribution in [-0.2, 0) is 19.6 Å². The van der Waals surface area contributed by atoms with Crippen LogP contribution in [0.1, 0.15) is 63.9 Å². The molecule has 1 aliphatic heterocycles. The normalized spacial score (nSPS) is 20.1. The number of imide groups is 1. The smallest absolute Gasteiger partial charge is 0.252 e. The van der Waals surface area contributed by atoms with Crippen LogP contribution in [0.4, 0.5) is 5.69 Å². The Hall–Kier alpha value is -1.93. The largest absolute Gasteiger partial charge is 0.274 e. The molecule has 0 spiro atoms. The molecular weight excluding hydrogens is 495 g/mol. The molecule has 0 radical (unpaired) electrons. The summed E-state index contributed by atoms with van der Waals surface area (Å²) in [6.45, 7) is 4.12. The highest BCUT2D eigenvalue weighted by Gasteiger charge is 2.49. The summed E-state index contributed by atoms with van der Waals surface area (Å²) in [5.74, 6) is -0.642. The van der Waals surface area contributed by atoms with Crippen LogP contribution in [-0.4, -0.2) is 36.6 Å². The summed E-state index contributed by atoms with van der Waals surface area (Å²) in [7, 11) is -4.20. The second kappa shape index (κ2) is 9.97. The van der Waals surface area contributed by atoms with Crippen molar-refractivity contribution >= 4 is 50.7 Å². The number of sulfonamides is 1. The highest BCUT2D eigenvalue weighted by atomic mass is 35.5. The molecule has 4 rings (SSSR count). The predicted molar refractivity (Wildman–Crippen MR) is 134 cm³/mol. The van der Waals surface area contributed by atoms with Gasteiger partial charge in [-0.1, -0.05) is 68.4 Å². The molecule has 9 heteroatoms. The molecule has 0 aromatic heterocycles. The fourth-order valence-electron chi connectivity index (χ4n) is 4.84. The monoisotopic (exact) mass is 522 g/mol. The molecule has 1 unspecified atom stereocenters. The number of carbonyl (C=O) groups is 2. The number of nitrogens with zero attached hydrogens (tertiary/aromatic N) is 2. The molecule has 0 N–H and O–H groups in total. The van der Waals surface area contributed by atoms with Crippen molar-refractivity contribution < 1.29 is 18.0 Å². The van der Waals surface area contributed by atoms with Gasteiger partial charge in [-0.15, -0.1) is 0 Å². The average molecular weight is 523 g/mol. The molecule has 2 aromatic rings. The van der Waals surface area contributed by atoms with Crippen LogP contribution in [0.2, 0.25) is 10.0 Å². The zero-order valence-electron chi connectivity index (χ0n) is 19.2. The third kappa shape index (κ3) is 4.76. The van der Waals surface area contributed by atoms with Crippen LogP contribution >= 0.6 is 23.2 Å². The molecule has 34 heavy (non-hydrogen) atoms. The number of hydrogen-bond acceptors (Lipinski definition) is 4. The maximum atomic E-state index is 13.9. The lowest BCUT2D eigenvalue weighted by Gasteiger charge is -2.36. The SMILES string of the molecule is CC(C)c1ccc(N2C(=O)CC(N(C3CCCCC3)S(=O)(=O)c3cc(Cl)ccc3Cl)C2=O)cc1. The number of hydrogen-bond donors (Lipinski definition) is 0. The van der Waals surface area contributed by atoms with Gasteiger partial charge in [0.1, 0.15) is 10.9 Å². The molecule has 0 bridgehead atoms. The molecule has 6 nitrogen and oxygen atoms in total. The lowest BCUT2D eigenvalue weighted by molar-refractivity contribution is -0.122. The maximum absolute atomic E-state index is 13.9. The van der Waals surface area contributed by atoms with Gasteiger partial charge >= 0.3 is 0 Å². The van der Waals surface area contributed by atoms with Gasteiger partial charge < -0.3 is 0 Å². The summed E-state index contributed by atoms with van der Waals surface area (Å²) in [4.78, 5) is 27.6. The minimum Gasteiger partial charge on any atom is -0.274 e. The third-order valence-corrected chi connectivity index (χ3v) is 9.31. The molecule has 182 valence electrons. The van der Waals surface area contributed by atoms with E-state index in [0.29, 0.717) is 24.4 Å². The Balaban J connectivity index is 1.74. The Morgan fingerprint density at radius 3 is 2.24 bits per heavy atom. The zero-order valence-corrected chi connectivity index (χ0v) is 21.5. The summed E-state index contributed by atoms with van der Waals surface area (Å²) in [5.41, 5.74) is 1.53. The van der Waals surface area contributed by atoms with Crippen LogP contribution in [0.25, 0.3) is 0 Å². The third-order valence-electron chi connectivity index (χ3n) is 6.63.